The Morgan fingerprint density at radius 3 is 2.87 bits per heavy atom. The molecule has 2 heteroatoms. The molecular weight excluding hydrogens is 189 g/mol. The van der Waals surface area contributed by atoms with E-state index in [2.05, 4.69) is 11.9 Å². The molecule has 1 unspecified atom stereocenters. The third kappa shape index (κ3) is 2.90. The molecule has 0 saturated carbocycles. The predicted octanol–water partition coefficient (Wildman–Crippen LogP) is 3.36. The van der Waals surface area contributed by atoms with Crippen molar-refractivity contribution in [2.45, 2.75) is 25.8 Å². The molecule has 0 aliphatic carbocycles. The molecule has 1 atom stereocenters. The van der Waals surface area contributed by atoms with Gasteiger partial charge in [0.1, 0.15) is 5.82 Å². The maximum atomic E-state index is 13.8. The lowest BCUT2D eigenvalue weighted by Crippen LogP contribution is -2.17. The monoisotopic (exact) mass is 207 g/mol. The van der Waals surface area contributed by atoms with Crippen LogP contribution < -0.4 is 5.32 Å². The molecule has 0 aliphatic heterocycles. The van der Waals surface area contributed by atoms with Crippen molar-refractivity contribution in [1.82, 2.24) is 5.32 Å². The molecule has 0 aromatic heterocycles. The predicted molar refractivity (Wildman–Crippen MR) is 62.4 cm³/mol. The summed E-state index contributed by atoms with van der Waals surface area (Å²) < 4.78 is 13.8. The second-order valence-electron chi connectivity index (χ2n) is 3.69. The van der Waals surface area contributed by atoms with Gasteiger partial charge >= 0.3 is 0 Å². The number of rotatable bonds is 5. The van der Waals surface area contributed by atoms with Gasteiger partial charge in [-0.2, -0.15) is 0 Å². The van der Waals surface area contributed by atoms with Gasteiger partial charge in [0.25, 0.3) is 0 Å². The molecule has 15 heavy (non-hydrogen) atoms. The number of nitrogens with one attached hydrogen (secondary N) is 1. The Labute approximate surface area is 91.0 Å². The van der Waals surface area contributed by atoms with Crippen LogP contribution in [0.25, 0.3) is 0 Å². The summed E-state index contributed by atoms with van der Waals surface area (Å²) >= 11 is 0. The molecule has 1 nitrogen and oxygen atoms in total. The second kappa shape index (κ2) is 5.66. The molecule has 1 rings (SSSR count). The highest BCUT2D eigenvalue weighted by Gasteiger charge is 2.13. The van der Waals surface area contributed by atoms with Crippen molar-refractivity contribution in [2.75, 3.05) is 7.05 Å². The highest BCUT2D eigenvalue weighted by Crippen LogP contribution is 2.23. The summed E-state index contributed by atoms with van der Waals surface area (Å²) in [7, 11) is 1.86. The minimum absolute atomic E-state index is 0.0721. The molecular formula is C13H18FN. The summed E-state index contributed by atoms with van der Waals surface area (Å²) in [6, 6.07) is 5.60. The Bertz CT molecular complexity index is 333. The molecule has 0 spiro atoms. The minimum atomic E-state index is -0.0964. The average molecular weight is 207 g/mol. The summed E-state index contributed by atoms with van der Waals surface area (Å²) in [5.74, 6) is -0.0964. The van der Waals surface area contributed by atoms with Gasteiger partial charge in [0.15, 0.2) is 0 Å². The SMILES string of the molecule is C=CCCC(NC)c1cccc(C)c1F. The summed E-state index contributed by atoms with van der Waals surface area (Å²) in [6.07, 6.45) is 3.62. The molecule has 0 aliphatic rings. The number of allylic oxidation sites excluding steroid dienone is 1. The van der Waals surface area contributed by atoms with Crippen LogP contribution >= 0.6 is 0 Å². The fourth-order valence-corrected chi connectivity index (χ4v) is 1.68. The number of hydrogen-bond donors (Lipinski definition) is 1. The Kier molecular flexibility index (Phi) is 4.50. The van der Waals surface area contributed by atoms with E-state index in [0.717, 1.165) is 18.4 Å². The zero-order valence-corrected chi connectivity index (χ0v) is 9.39. The number of benzene rings is 1. The zero-order chi connectivity index (χ0) is 11.3. The third-order valence-corrected chi connectivity index (χ3v) is 2.61. The van der Waals surface area contributed by atoms with E-state index in [1.165, 1.54) is 0 Å². The number of halogens is 1. The van der Waals surface area contributed by atoms with Crippen LogP contribution in [0.5, 0.6) is 0 Å². The van der Waals surface area contributed by atoms with Crippen LogP contribution in [0.3, 0.4) is 0 Å². The molecule has 0 amide bonds. The van der Waals surface area contributed by atoms with Gasteiger partial charge in [0.2, 0.25) is 0 Å². The first-order chi connectivity index (χ1) is 7.20. The lowest BCUT2D eigenvalue weighted by molar-refractivity contribution is 0.509. The van der Waals surface area contributed by atoms with Crippen molar-refractivity contribution < 1.29 is 4.39 Å². The molecule has 82 valence electrons. The Balaban J connectivity index is 2.90. The molecule has 1 aromatic carbocycles. The van der Waals surface area contributed by atoms with E-state index in [0.29, 0.717) is 5.56 Å². The van der Waals surface area contributed by atoms with Crippen LogP contribution in [-0.2, 0) is 0 Å². The minimum Gasteiger partial charge on any atom is -0.313 e. The smallest absolute Gasteiger partial charge is 0.130 e. The van der Waals surface area contributed by atoms with E-state index in [4.69, 9.17) is 0 Å². The van der Waals surface area contributed by atoms with Crippen LogP contribution in [0.2, 0.25) is 0 Å². The third-order valence-electron chi connectivity index (χ3n) is 2.61. The molecule has 1 aromatic rings. The van der Waals surface area contributed by atoms with Crippen molar-refractivity contribution in [3.63, 3.8) is 0 Å². The fraction of sp³-hybridized carbons (Fsp3) is 0.385. The van der Waals surface area contributed by atoms with Crippen molar-refractivity contribution in [3.8, 4) is 0 Å². The van der Waals surface area contributed by atoms with Gasteiger partial charge in [-0.1, -0.05) is 24.3 Å². The van der Waals surface area contributed by atoms with E-state index >= 15 is 0 Å². The topological polar surface area (TPSA) is 12.0 Å². The number of hydrogen-bond acceptors (Lipinski definition) is 1. The van der Waals surface area contributed by atoms with E-state index < -0.39 is 0 Å². The molecule has 0 heterocycles. The van der Waals surface area contributed by atoms with Gasteiger partial charge in [-0.3, -0.25) is 0 Å². The van der Waals surface area contributed by atoms with E-state index in [1.54, 1.807) is 13.0 Å². The van der Waals surface area contributed by atoms with Gasteiger partial charge in [0.05, 0.1) is 0 Å². The number of aryl methyl sites for hydroxylation is 1. The van der Waals surface area contributed by atoms with Crippen molar-refractivity contribution in [1.29, 1.82) is 0 Å². The molecule has 0 radical (unpaired) electrons. The maximum Gasteiger partial charge on any atom is 0.130 e. The van der Waals surface area contributed by atoms with Gasteiger partial charge in [-0.25, -0.2) is 4.39 Å². The van der Waals surface area contributed by atoms with Crippen LogP contribution in [0, 0.1) is 12.7 Å². The first kappa shape index (κ1) is 11.9. The first-order valence-corrected chi connectivity index (χ1v) is 5.24. The normalized spacial score (nSPS) is 12.5. The summed E-state index contributed by atoms with van der Waals surface area (Å²) in [5, 5.41) is 3.13. The van der Waals surface area contributed by atoms with Gasteiger partial charge in [0, 0.05) is 11.6 Å². The van der Waals surface area contributed by atoms with E-state index in [9.17, 15) is 4.39 Å². The van der Waals surface area contributed by atoms with Crippen molar-refractivity contribution in [3.05, 3.63) is 47.8 Å². The molecule has 1 N–H and O–H groups in total. The van der Waals surface area contributed by atoms with E-state index in [1.807, 2.05) is 25.3 Å². The van der Waals surface area contributed by atoms with Crippen LogP contribution in [0.15, 0.2) is 30.9 Å². The maximum absolute atomic E-state index is 13.8. The Hall–Kier alpha value is -1.15. The lowest BCUT2D eigenvalue weighted by Gasteiger charge is -2.17. The Morgan fingerprint density at radius 1 is 1.53 bits per heavy atom. The van der Waals surface area contributed by atoms with Crippen molar-refractivity contribution in [2.24, 2.45) is 0 Å². The molecule has 0 saturated heterocycles. The van der Waals surface area contributed by atoms with Gasteiger partial charge < -0.3 is 5.32 Å². The van der Waals surface area contributed by atoms with Gasteiger partial charge in [-0.15, -0.1) is 6.58 Å². The molecule has 0 bridgehead atoms. The second-order valence-corrected chi connectivity index (χ2v) is 3.69. The quantitative estimate of drug-likeness (QED) is 0.730. The lowest BCUT2D eigenvalue weighted by atomic mass is 9.99. The zero-order valence-electron chi connectivity index (χ0n) is 9.39. The summed E-state index contributed by atoms with van der Waals surface area (Å²) in [4.78, 5) is 0. The average Bonchev–Trinajstić information content (AvgIpc) is 2.25. The highest BCUT2D eigenvalue weighted by molar-refractivity contribution is 5.27. The van der Waals surface area contributed by atoms with Crippen LogP contribution in [0.1, 0.15) is 30.0 Å². The van der Waals surface area contributed by atoms with Gasteiger partial charge in [-0.05, 0) is 32.4 Å². The highest BCUT2D eigenvalue weighted by atomic mass is 19.1. The standard InChI is InChI=1S/C13H18FN/c1-4-5-9-12(15-3)11-8-6-7-10(2)13(11)14/h4,6-8,12,15H,1,5,9H2,2-3H3. The largest absolute Gasteiger partial charge is 0.313 e. The van der Waals surface area contributed by atoms with E-state index in [-0.39, 0.29) is 11.9 Å². The first-order valence-electron chi connectivity index (χ1n) is 5.24. The fourth-order valence-electron chi connectivity index (χ4n) is 1.68. The molecule has 0 fully saturated rings. The summed E-state index contributed by atoms with van der Waals surface area (Å²) in [5.41, 5.74) is 1.45. The Morgan fingerprint density at radius 2 is 2.27 bits per heavy atom. The summed E-state index contributed by atoms with van der Waals surface area (Å²) in [6.45, 7) is 5.47. The van der Waals surface area contributed by atoms with Crippen molar-refractivity contribution >= 4 is 0 Å². The van der Waals surface area contributed by atoms with Crippen LogP contribution in [-0.4, -0.2) is 7.05 Å². The van der Waals surface area contributed by atoms with Crippen LogP contribution in [0.4, 0.5) is 4.39 Å².